The molecular formula is C18H36N2. The summed E-state index contributed by atoms with van der Waals surface area (Å²) in [6.07, 6.45) is 10.6. The molecule has 0 amide bonds. The van der Waals surface area contributed by atoms with E-state index in [0.29, 0.717) is 17.4 Å². The molecule has 2 aliphatic carbocycles. The van der Waals surface area contributed by atoms with Gasteiger partial charge in [0.25, 0.3) is 0 Å². The summed E-state index contributed by atoms with van der Waals surface area (Å²) in [5.74, 6) is 2.49. The molecule has 0 aromatic rings. The van der Waals surface area contributed by atoms with E-state index >= 15 is 0 Å². The van der Waals surface area contributed by atoms with Crippen LogP contribution in [0.2, 0.25) is 0 Å². The highest BCUT2D eigenvalue weighted by Gasteiger charge is 2.41. The second-order valence-corrected chi connectivity index (χ2v) is 8.80. The van der Waals surface area contributed by atoms with E-state index in [9.17, 15) is 0 Å². The fourth-order valence-corrected chi connectivity index (χ4v) is 4.78. The minimum absolute atomic E-state index is 0.00667. The smallest absolute Gasteiger partial charge is 0.0125 e. The Morgan fingerprint density at radius 1 is 0.650 bits per heavy atom. The van der Waals surface area contributed by atoms with Crippen LogP contribution in [0.5, 0.6) is 0 Å². The Labute approximate surface area is 126 Å². The van der Waals surface area contributed by atoms with Crippen LogP contribution in [0.1, 0.15) is 79.1 Å². The minimum atomic E-state index is 0.00667. The Morgan fingerprint density at radius 2 is 1.00 bits per heavy atom. The molecule has 4 N–H and O–H groups in total. The molecule has 0 heterocycles. The monoisotopic (exact) mass is 280 g/mol. The van der Waals surface area contributed by atoms with Crippen LogP contribution in [0.15, 0.2) is 0 Å². The highest BCUT2D eigenvalue weighted by atomic mass is 14.7. The molecule has 0 atom stereocenters. The molecule has 2 nitrogen and oxygen atoms in total. The highest BCUT2D eigenvalue weighted by Crippen LogP contribution is 2.49. The topological polar surface area (TPSA) is 52.0 Å². The highest BCUT2D eigenvalue weighted by molar-refractivity contribution is 4.94. The first-order valence-electron chi connectivity index (χ1n) is 8.75. The third kappa shape index (κ3) is 3.57. The summed E-state index contributed by atoms with van der Waals surface area (Å²) in [5, 5.41) is 0. The van der Waals surface area contributed by atoms with Crippen LogP contribution in [0.25, 0.3) is 0 Å². The van der Waals surface area contributed by atoms with E-state index in [2.05, 4.69) is 27.7 Å². The predicted molar refractivity (Wildman–Crippen MR) is 87.4 cm³/mol. The first-order valence-corrected chi connectivity index (χ1v) is 8.75. The lowest BCUT2D eigenvalue weighted by molar-refractivity contribution is 0.0368. The summed E-state index contributed by atoms with van der Waals surface area (Å²) < 4.78 is 0. The van der Waals surface area contributed by atoms with Gasteiger partial charge in [-0.2, -0.15) is 0 Å². The van der Waals surface area contributed by atoms with Crippen molar-refractivity contribution in [2.45, 2.75) is 90.6 Å². The molecule has 2 rings (SSSR count). The average molecular weight is 280 g/mol. The molecule has 0 spiro atoms. The average Bonchev–Trinajstić information content (AvgIpc) is 2.38. The maximum atomic E-state index is 6.31. The van der Waals surface area contributed by atoms with Crippen molar-refractivity contribution in [1.82, 2.24) is 0 Å². The number of hydrogen-bond donors (Lipinski definition) is 2. The van der Waals surface area contributed by atoms with E-state index in [1.54, 1.807) is 0 Å². The van der Waals surface area contributed by atoms with Crippen molar-refractivity contribution >= 4 is 0 Å². The van der Waals surface area contributed by atoms with Crippen molar-refractivity contribution in [1.29, 1.82) is 0 Å². The molecule has 0 aromatic heterocycles. The minimum Gasteiger partial charge on any atom is -0.328 e. The molecule has 2 saturated carbocycles. The summed E-state index contributed by atoms with van der Waals surface area (Å²) in [7, 11) is 0. The van der Waals surface area contributed by atoms with Crippen LogP contribution in [0.3, 0.4) is 0 Å². The zero-order valence-corrected chi connectivity index (χ0v) is 14.1. The third-order valence-corrected chi connectivity index (χ3v) is 6.66. The van der Waals surface area contributed by atoms with Gasteiger partial charge < -0.3 is 11.5 Å². The Kier molecular flexibility index (Phi) is 4.86. The van der Waals surface area contributed by atoms with E-state index < -0.39 is 0 Å². The van der Waals surface area contributed by atoms with E-state index in [1.165, 1.54) is 51.4 Å². The molecule has 0 aliphatic heterocycles. The van der Waals surface area contributed by atoms with E-state index in [-0.39, 0.29) is 5.54 Å². The Bertz CT molecular complexity index is 300. The summed E-state index contributed by atoms with van der Waals surface area (Å²) in [5.41, 5.74) is 12.9. The van der Waals surface area contributed by atoms with Gasteiger partial charge in [0, 0.05) is 11.6 Å². The van der Waals surface area contributed by atoms with Gasteiger partial charge in [0.15, 0.2) is 0 Å². The van der Waals surface area contributed by atoms with Crippen molar-refractivity contribution in [3.63, 3.8) is 0 Å². The molecule has 2 aliphatic rings. The van der Waals surface area contributed by atoms with Gasteiger partial charge in [-0.25, -0.2) is 0 Å². The van der Waals surface area contributed by atoms with Crippen molar-refractivity contribution < 1.29 is 0 Å². The van der Waals surface area contributed by atoms with Crippen molar-refractivity contribution in [2.75, 3.05) is 0 Å². The van der Waals surface area contributed by atoms with Crippen LogP contribution >= 0.6 is 0 Å². The summed E-state index contributed by atoms with van der Waals surface area (Å²) in [6.45, 7) is 9.44. The fourth-order valence-electron chi connectivity index (χ4n) is 4.78. The number of rotatable bonds is 3. The van der Waals surface area contributed by atoms with Gasteiger partial charge >= 0.3 is 0 Å². The molecule has 0 bridgehead atoms. The summed E-state index contributed by atoms with van der Waals surface area (Å²) in [4.78, 5) is 0. The van der Waals surface area contributed by atoms with Crippen LogP contribution in [-0.2, 0) is 0 Å². The molecule has 118 valence electrons. The quantitative estimate of drug-likeness (QED) is 0.818. The normalized spacial score (nSPS) is 36.9. The SMILES string of the molecule is CC(C)(N)C1CCC(C(C)(C)C2CCC(N)CC2)CC1. The Morgan fingerprint density at radius 3 is 1.40 bits per heavy atom. The van der Waals surface area contributed by atoms with Crippen molar-refractivity contribution in [3.05, 3.63) is 0 Å². The number of hydrogen-bond acceptors (Lipinski definition) is 2. The van der Waals surface area contributed by atoms with Gasteiger partial charge in [-0.3, -0.25) is 0 Å². The van der Waals surface area contributed by atoms with Crippen molar-refractivity contribution in [2.24, 2.45) is 34.6 Å². The van der Waals surface area contributed by atoms with E-state index in [4.69, 9.17) is 11.5 Å². The molecular weight excluding hydrogens is 244 g/mol. The molecule has 0 saturated heterocycles. The maximum absolute atomic E-state index is 6.31. The van der Waals surface area contributed by atoms with Crippen LogP contribution in [0, 0.1) is 23.2 Å². The Balaban J connectivity index is 1.91. The maximum Gasteiger partial charge on any atom is 0.0125 e. The molecule has 0 unspecified atom stereocenters. The molecule has 20 heavy (non-hydrogen) atoms. The second-order valence-electron chi connectivity index (χ2n) is 8.80. The molecule has 0 radical (unpaired) electrons. The first kappa shape index (κ1) is 16.3. The van der Waals surface area contributed by atoms with Gasteiger partial charge in [0.2, 0.25) is 0 Å². The summed E-state index contributed by atoms with van der Waals surface area (Å²) >= 11 is 0. The van der Waals surface area contributed by atoms with Gasteiger partial charge in [0.05, 0.1) is 0 Å². The molecule has 2 fully saturated rings. The van der Waals surface area contributed by atoms with Gasteiger partial charge in [-0.1, -0.05) is 13.8 Å². The third-order valence-electron chi connectivity index (χ3n) is 6.66. The van der Waals surface area contributed by atoms with Gasteiger partial charge in [-0.05, 0) is 88.4 Å². The van der Waals surface area contributed by atoms with E-state index in [1.807, 2.05) is 0 Å². The van der Waals surface area contributed by atoms with Gasteiger partial charge in [0.1, 0.15) is 0 Å². The largest absolute Gasteiger partial charge is 0.328 e. The number of nitrogens with two attached hydrogens (primary N) is 2. The van der Waals surface area contributed by atoms with Crippen molar-refractivity contribution in [3.8, 4) is 0 Å². The zero-order valence-electron chi connectivity index (χ0n) is 14.1. The standard InChI is InChI=1S/C18H36N2/c1-17(2,14-9-11-16(19)12-10-14)13-5-7-15(8-6-13)18(3,4)20/h13-16H,5-12,19-20H2,1-4H3. The lowest BCUT2D eigenvalue weighted by Crippen LogP contribution is -2.45. The lowest BCUT2D eigenvalue weighted by atomic mass is 9.58. The van der Waals surface area contributed by atoms with Crippen LogP contribution in [-0.4, -0.2) is 11.6 Å². The molecule has 2 heteroatoms. The van der Waals surface area contributed by atoms with Gasteiger partial charge in [-0.15, -0.1) is 0 Å². The van der Waals surface area contributed by atoms with Crippen LogP contribution < -0.4 is 11.5 Å². The summed E-state index contributed by atoms with van der Waals surface area (Å²) in [6, 6.07) is 0.468. The first-order chi connectivity index (χ1) is 9.21. The van der Waals surface area contributed by atoms with Crippen LogP contribution in [0.4, 0.5) is 0 Å². The van der Waals surface area contributed by atoms with E-state index in [0.717, 1.165) is 11.8 Å². The molecule has 0 aromatic carbocycles. The lowest BCUT2D eigenvalue weighted by Gasteiger charge is -2.48. The second kappa shape index (κ2) is 5.96. The predicted octanol–water partition coefficient (Wildman–Crippen LogP) is 4.07. The fraction of sp³-hybridized carbons (Fsp3) is 1.00. The Hall–Kier alpha value is -0.0800. The zero-order chi connectivity index (χ0) is 15.0.